The van der Waals surface area contributed by atoms with Gasteiger partial charge in [-0.15, -0.1) is 0 Å². The summed E-state index contributed by atoms with van der Waals surface area (Å²) in [6, 6.07) is 8.72. The van der Waals surface area contributed by atoms with Crippen molar-refractivity contribution < 1.29 is 18.7 Å². The van der Waals surface area contributed by atoms with E-state index in [9.17, 15) is 18.7 Å². The van der Waals surface area contributed by atoms with Crippen LogP contribution in [0.4, 0.5) is 14.5 Å². The molecule has 110 valence electrons. The number of carboxylic acid groups (broad SMARTS) is 1. The Morgan fingerprint density at radius 2 is 1.71 bits per heavy atom. The number of rotatable bonds is 4. The number of anilines is 1. The van der Waals surface area contributed by atoms with Gasteiger partial charge >= 0.3 is 5.97 Å². The molecule has 0 aliphatic rings. The predicted octanol–water partition coefficient (Wildman–Crippen LogP) is 4.03. The second-order valence-corrected chi connectivity index (χ2v) is 5.09. The van der Waals surface area contributed by atoms with E-state index in [0.717, 1.165) is 12.1 Å². The first-order valence-corrected chi connectivity index (χ1v) is 6.43. The number of halogens is 3. The lowest BCUT2D eigenvalue weighted by molar-refractivity contribution is -0.142. The van der Waals surface area contributed by atoms with Crippen LogP contribution in [0.3, 0.4) is 0 Å². The Hall–Kier alpha value is -2.14. The SMILES string of the molecule is CC(Nc1ccc(F)cc1)(C(=O)O)c1ccc(F)cc1Cl. The van der Waals surface area contributed by atoms with E-state index in [0.29, 0.717) is 5.69 Å². The number of aliphatic carboxylic acids is 1. The lowest BCUT2D eigenvalue weighted by atomic mass is 9.91. The Labute approximate surface area is 125 Å². The summed E-state index contributed by atoms with van der Waals surface area (Å²) >= 11 is 5.95. The van der Waals surface area contributed by atoms with Gasteiger partial charge in [-0.1, -0.05) is 17.7 Å². The molecule has 0 bridgehead atoms. The van der Waals surface area contributed by atoms with E-state index in [4.69, 9.17) is 11.6 Å². The average molecular weight is 312 g/mol. The van der Waals surface area contributed by atoms with Crippen molar-refractivity contribution in [2.45, 2.75) is 12.5 Å². The summed E-state index contributed by atoms with van der Waals surface area (Å²) < 4.78 is 26.0. The van der Waals surface area contributed by atoms with Crippen molar-refractivity contribution in [3.05, 3.63) is 64.7 Å². The smallest absolute Gasteiger partial charge is 0.333 e. The molecule has 21 heavy (non-hydrogen) atoms. The summed E-state index contributed by atoms with van der Waals surface area (Å²) in [6.45, 7) is 1.40. The Balaban J connectivity index is 2.45. The Bertz CT molecular complexity index is 676. The van der Waals surface area contributed by atoms with E-state index in [1.807, 2.05) is 0 Å². The van der Waals surface area contributed by atoms with Gasteiger partial charge in [0.05, 0.1) is 0 Å². The molecule has 2 N–H and O–H groups in total. The van der Waals surface area contributed by atoms with Crippen molar-refractivity contribution in [1.29, 1.82) is 0 Å². The molecule has 1 unspecified atom stereocenters. The van der Waals surface area contributed by atoms with Crippen LogP contribution in [-0.4, -0.2) is 11.1 Å². The number of benzene rings is 2. The van der Waals surface area contributed by atoms with Gasteiger partial charge < -0.3 is 10.4 Å². The van der Waals surface area contributed by atoms with Gasteiger partial charge in [0, 0.05) is 16.3 Å². The maximum absolute atomic E-state index is 13.1. The molecule has 0 amide bonds. The molecule has 0 aliphatic carbocycles. The van der Waals surface area contributed by atoms with Crippen LogP contribution in [0, 0.1) is 11.6 Å². The largest absolute Gasteiger partial charge is 0.479 e. The third kappa shape index (κ3) is 3.13. The van der Waals surface area contributed by atoms with Crippen LogP contribution in [-0.2, 0) is 10.3 Å². The van der Waals surface area contributed by atoms with E-state index in [-0.39, 0.29) is 10.6 Å². The highest BCUT2D eigenvalue weighted by Gasteiger charge is 2.37. The molecule has 3 nitrogen and oxygen atoms in total. The molecule has 6 heteroatoms. The summed E-state index contributed by atoms with van der Waals surface area (Å²) in [5.41, 5.74) is -0.966. The molecule has 0 radical (unpaired) electrons. The summed E-state index contributed by atoms with van der Waals surface area (Å²) in [7, 11) is 0. The van der Waals surface area contributed by atoms with E-state index < -0.39 is 23.1 Å². The van der Waals surface area contributed by atoms with Crippen LogP contribution in [0.1, 0.15) is 12.5 Å². The van der Waals surface area contributed by atoms with Crippen LogP contribution in [0.15, 0.2) is 42.5 Å². The van der Waals surface area contributed by atoms with Crippen molar-refractivity contribution in [1.82, 2.24) is 0 Å². The Morgan fingerprint density at radius 3 is 2.24 bits per heavy atom. The molecule has 0 fully saturated rings. The van der Waals surface area contributed by atoms with Gasteiger partial charge in [-0.3, -0.25) is 0 Å². The van der Waals surface area contributed by atoms with Crippen LogP contribution < -0.4 is 5.32 Å². The van der Waals surface area contributed by atoms with Gasteiger partial charge in [0.2, 0.25) is 0 Å². The molecule has 2 aromatic rings. The zero-order valence-corrected chi connectivity index (χ0v) is 11.8. The minimum atomic E-state index is -1.58. The fraction of sp³-hybridized carbons (Fsp3) is 0.133. The summed E-state index contributed by atoms with van der Waals surface area (Å²) in [6.07, 6.45) is 0. The van der Waals surface area contributed by atoms with Crippen molar-refractivity contribution in [3.8, 4) is 0 Å². The highest BCUT2D eigenvalue weighted by molar-refractivity contribution is 6.31. The van der Waals surface area contributed by atoms with Crippen LogP contribution in [0.25, 0.3) is 0 Å². The van der Waals surface area contributed by atoms with Gasteiger partial charge in [-0.05, 0) is 43.3 Å². The number of carboxylic acids is 1. The van der Waals surface area contributed by atoms with E-state index in [1.165, 1.54) is 37.3 Å². The summed E-state index contributed by atoms with van der Waals surface area (Å²) in [5.74, 6) is -2.18. The third-order valence-corrected chi connectivity index (χ3v) is 3.45. The van der Waals surface area contributed by atoms with E-state index in [2.05, 4.69) is 5.32 Å². The number of hydrogen-bond donors (Lipinski definition) is 2. The Morgan fingerprint density at radius 1 is 1.14 bits per heavy atom. The minimum absolute atomic E-state index is 0.00508. The molecule has 2 rings (SSSR count). The molecule has 0 spiro atoms. The molecule has 2 aromatic carbocycles. The lowest BCUT2D eigenvalue weighted by Gasteiger charge is -2.28. The van der Waals surface area contributed by atoms with Gasteiger partial charge in [0.25, 0.3) is 0 Å². The highest BCUT2D eigenvalue weighted by atomic mass is 35.5. The molecule has 0 aromatic heterocycles. The summed E-state index contributed by atoms with van der Waals surface area (Å²) in [4.78, 5) is 11.6. The second kappa shape index (κ2) is 5.69. The number of nitrogens with one attached hydrogen (secondary N) is 1. The fourth-order valence-corrected chi connectivity index (χ4v) is 2.31. The Kier molecular flexibility index (Phi) is 4.14. The zero-order chi connectivity index (χ0) is 15.6. The van der Waals surface area contributed by atoms with Gasteiger partial charge in [0.15, 0.2) is 5.54 Å². The molecule has 0 heterocycles. The van der Waals surface area contributed by atoms with Gasteiger partial charge in [-0.2, -0.15) is 0 Å². The van der Waals surface area contributed by atoms with Crippen molar-refractivity contribution in [2.75, 3.05) is 5.32 Å². The van der Waals surface area contributed by atoms with Crippen LogP contribution in [0.5, 0.6) is 0 Å². The monoisotopic (exact) mass is 311 g/mol. The standard InChI is InChI=1S/C15H12ClF2NO2/c1-15(14(20)21,12-7-4-10(18)8-13(12)16)19-11-5-2-9(17)3-6-11/h2-8,19H,1H3,(H,20,21). The van der Waals surface area contributed by atoms with E-state index >= 15 is 0 Å². The first kappa shape index (κ1) is 15.3. The normalized spacial score (nSPS) is 13.5. The second-order valence-electron chi connectivity index (χ2n) is 4.69. The topological polar surface area (TPSA) is 49.3 Å². The maximum Gasteiger partial charge on any atom is 0.333 e. The highest BCUT2D eigenvalue weighted by Crippen LogP contribution is 2.32. The lowest BCUT2D eigenvalue weighted by Crippen LogP contribution is -2.40. The first-order valence-electron chi connectivity index (χ1n) is 6.05. The zero-order valence-electron chi connectivity index (χ0n) is 11.0. The van der Waals surface area contributed by atoms with Crippen LogP contribution >= 0.6 is 11.6 Å². The van der Waals surface area contributed by atoms with E-state index in [1.54, 1.807) is 0 Å². The minimum Gasteiger partial charge on any atom is -0.479 e. The quantitative estimate of drug-likeness (QED) is 0.896. The number of hydrogen-bond acceptors (Lipinski definition) is 2. The van der Waals surface area contributed by atoms with Crippen molar-refractivity contribution in [2.24, 2.45) is 0 Å². The van der Waals surface area contributed by atoms with Crippen molar-refractivity contribution in [3.63, 3.8) is 0 Å². The molecular weight excluding hydrogens is 300 g/mol. The molecule has 1 atom stereocenters. The third-order valence-electron chi connectivity index (χ3n) is 3.14. The van der Waals surface area contributed by atoms with Gasteiger partial charge in [-0.25, -0.2) is 13.6 Å². The van der Waals surface area contributed by atoms with Crippen LogP contribution in [0.2, 0.25) is 5.02 Å². The average Bonchev–Trinajstić information content (AvgIpc) is 2.41. The van der Waals surface area contributed by atoms with Gasteiger partial charge in [0.1, 0.15) is 11.6 Å². The molecular formula is C15H12ClF2NO2. The fourth-order valence-electron chi connectivity index (χ4n) is 1.95. The first-order chi connectivity index (χ1) is 9.83. The van der Waals surface area contributed by atoms with Crippen molar-refractivity contribution >= 4 is 23.3 Å². The predicted molar refractivity (Wildman–Crippen MR) is 76.4 cm³/mol. The molecule has 0 aliphatic heterocycles. The summed E-state index contributed by atoms with van der Waals surface area (Å²) in [5, 5.41) is 12.3. The number of carbonyl (C=O) groups is 1. The molecule has 0 saturated carbocycles. The maximum atomic E-state index is 13.1. The molecule has 0 saturated heterocycles.